The van der Waals surface area contributed by atoms with Gasteiger partial charge in [-0.3, -0.25) is 0 Å². The Morgan fingerprint density at radius 3 is 2.95 bits per heavy atom. The van der Waals surface area contributed by atoms with Crippen LogP contribution in [0, 0.1) is 12.8 Å². The molecule has 0 spiro atoms. The van der Waals surface area contributed by atoms with Crippen LogP contribution in [0.25, 0.3) is 10.9 Å². The zero-order valence-corrected chi connectivity index (χ0v) is 12.4. The number of thioether (sulfide) groups is 1. The molecular weight excluding hydrogens is 268 g/mol. The number of rotatable bonds is 4. The third-order valence-electron chi connectivity index (χ3n) is 3.57. The van der Waals surface area contributed by atoms with E-state index in [1.165, 1.54) is 0 Å². The van der Waals surface area contributed by atoms with Crippen LogP contribution in [0.4, 0.5) is 5.82 Å². The summed E-state index contributed by atoms with van der Waals surface area (Å²) in [5, 5.41) is 2.94. The van der Waals surface area contributed by atoms with Crippen molar-refractivity contribution in [2.24, 2.45) is 11.7 Å². The zero-order valence-electron chi connectivity index (χ0n) is 11.5. The van der Waals surface area contributed by atoms with Crippen molar-refractivity contribution in [3.8, 4) is 0 Å². The minimum absolute atomic E-state index is 0.593. The first kappa shape index (κ1) is 13.4. The fourth-order valence-electron chi connectivity index (χ4n) is 2.51. The van der Waals surface area contributed by atoms with Gasteiger partial charge < -0.3 is 10.6 Å². The molecule has 2 heterocycles. The second kappa shape index (κ2) is 5.42. The van der Waals surface area contributed by atoms with Crippen LogP contribution in [-0.4, -0.2) is 29.6 Å². The van der Waals surface area contributed by atoms with Gasteiger partial charge in [0.05, 0.1) is 5.52 Å². The monoisotopic (exact) mass is 286 g/mol. The van der Waals surface area contributed by atoms with Crippen LogP contribution >= 0.6 is 11.8 Å². The van der Waals surface area contributed by atoms with E-state index in [4.69, 9.17) is 5.73 Å². The van der Waals surface area contributed by atoms with Crippen LogP contribution < -0.4 is 10.6 Å². The Kier molecular flexibility index (Phi) is 3.63. The lowest BCUT2D eigenvalue weighted by Gasteiger charge is -2.40. The van der Waals surface area contributed by atoms with Gasteiger partial charge in [0.1, 0.15) is 11.6 Å². The number of anilines is 1. The highest BCUT2D eigenvalue weighted by Crippen LogP contribution is 2.31. The van der Waals surface area contributed by atoms with E-state index in [1.54, 1.807) is 11.8 Å². The number of nitrogens with zero attached hydrogens (tertiary/aromatic N) is 3. The molecule has 3 rings (SSSR count). The highest BCUT2D eigenvalue weighted by molar-refractivity contribution is 8.02. The van der Waals surface area contributed by atoms with Gasteiger partial charge in [-0.25, -0.2) is 9.97 Å². The molecule has 0 aliphatic carbocycles. The maximum atomic E-state index is 5.70. The Hall–Kier alpha value is -1.59. The van der Waals surface area contributed by atoms with Gasteiger partial charge in [-0.2, -0.15) is 0 Å². The number of nitrogens with two attached hydrogens (primary N) is 1. The Labute approximate surface area is 123 Å². The van der Waals surface area contributed by atoms with E-state index in [9.17, 15) is 0 Å². The fraction of sp³-hybridized carbons (Fsp3) is 0.333. The van der Waals surface area contributed by atoms with Crippen molar-refractivity contribution >= 4 is 28.5 Å². The molecule has 0 unspecified atom stereocenters. The molecule has 1 fully saturated rings. The second-order valence-electron chi connectivity index (χ2n) is 5.06. The Bertz CT molecular complexity index is 650. The highest BCUT2D eigenvalue weighted by atomic mass is 32.2. The van der Waals surface area contributed by atoms with Crippen LogP contribution in [0.2, 0.25) is 0 Å². The van der Waals surface area contributed by atoms with Crippen LogP contribution in [-0.2, 0) is 0 Å². The van der Waals surface area contributed by atoms with Crippen LogP contribution in [0.15, 0.2) is 35.1 Å². The van der Waals surface area contributed by atoms with Gasteiger partial charge in [0.2, 0.25) is 0 Å². The summed E-state index contributed by atoms with van der Waals surface area (Å²) < 4.78 is 0. The van der Waals surface area contributed by atoms with Crippen LogP contribution in [0.5, 0.6) is 0 Å². The first-order valence-electron chi connectivity index (χ1n) is 6.72. The van der Waals surface area contributed by atoms with E-state index in [-0.39, 0.29) is 0 Å². The van der Waals surface area contributed by atoms with E-state index in [2.05, 4.69) is 39.6 Å². The number of benzene rings is 1. The first-order chi connectivity index (χ1) is 9.71. The molecular formula is C15H18N4S. The van der Waals surface area contributed by atoms with Gasteiger partial charge in [0.15, 0.2) is 0 Å². The summed E-state index contributed by atoms with van der Waals surface area (Å²) in [4.78, 5) is 12.6. The molecule has 2 aromatic rings. The topological polar surface area (TPSA) is 55.0 Å². The van der Waals surface area contributed by atoms with E-state index in [0.29, 0.717) is 5.92 Å². The number of hydrogen-bond donors (Lipinski definition) is 1. The molecule has 4 nitrogen and oxygen atoms in total. The minimum atomic E-state index is 0.593. The fourth-order valence-corrected chi connectivity index (χ4v) is 3.03. The maximum absolute atomic E-state index is 5.70. The van der Waals surface area contributed by atoms with E-state index < -0.39 is 0 Å². The Balaban J connectivity index is 2.01. The summed E-state index contributed by atoms with van der Waals surface area (Å²) in [6, 6.07) is 6.29. The maximum Gasteiger partial charge on any atom is 0.140 e. The van der Waals surface area contributed by atoms with Gasteiger partial charge in [0, 0.05) is 29.3 Å². The third-order valence-corrected chi connectivity index (χ3v) is 4.26. The largest absolute Gasteiger partial charge is 0.355 e. The predicted octanol–water partition coefficient (Wildman–Crippen LogP) is 2.57. The van der Waals surface area contributed by atoms with Crippen molar-refractivity contribution in [1.29, 1.82) is 0 Å². The molecule has 1 aliphatic rings. The van der Waals surface area contributed by atoms with Crippen molar-refractivity contribution in [1.82, 2.24) is 9.97 Å². The molecule has 0 amide bonds. The van der Waals surface area contributed by atoms with Gasteiger partial charge in [-0.05, 0) is 37.1 Å². The van der Waals surface area contributed by atoms with Crippen molar-refractivity contribution in [3.63, 3.8) is 0 Å². The van der Waals surface area contributed by atoms with Crippen LogP contribution in [0.3, 0.4) is 0 Å². The summed E-state index contributed by atoms with van der Waals surface area (Å²) in [6.07, 6.45) is 0. The van der Waals surface area contributed by atoms with E-state index >= 15 is 0 Å². The Morgan fingerprint density at radius 2 is 2.25 bits per heavy atom. The van der Waals surface area contributed by atoms with Crippen LogP contribution in [0.1, 0.15) is 5.82 Å². The molecule has 1 saturated heterocycles. The number of aryl methyl sites for hydroxylation is 1. The van der Waals surface area contributed by atoms with Gasteiger partial charge in [-0.15, -0.1) is 0 Å². The summed E-state index contributed by atoms with van der Waals surface area (Å²) in [5.41, 5.74) is 6.69. The summed E-state index contributed by atoms with van der Waals surface area (Å²) in [6.45, 7) is 8.42. The van der Waals surface area contributed by atoms with E-state index in [1.807, 2.05) is 12.3 Å². The van der Waals surface area contributed by atoms with Crippen molar-refractivity contribution in [3.05, 3.63) is 36.0 Å². The molecule has 2 N–H and O–H groups in total. The number of fused-ring (bicyclic) bond motifs is 1. The second-order valence-corrected chi connectivity index (χ2v) is 6.11. The lowest BCUT2D eigenvalue weighted by Crippen LogP contribution is -2.50. The molecule has 1 aromatic heterocycles. The molecule has 0 atom stereocenters. The summed E-state index contributed by atoms with van der Waals surface area (Å²) >= 11 is 1.61. The van der Waals surface area contributed by atoms with Crippen molar-refractivity contribution < 1.29 is 0 Å². The SMILES string of the molecule is C=CSc1ccc2c(N3CC(CN)C3)nc(C)nc2c1. The molecule has 1 aromatic carbocycles. The zero-order chi connectivity index (χ0) is 14.1. The van der Waals surface area contributed by atoms with E-state index in [0.717, 1.165) is 47.1 Å². The number of aromatic nitrogens is 2. The molecule has 0 radical (unpaired) electrons. The van der Waals surface area contributed by atoms with Crippen molar-refractivity contribution in [2.45, 2.75) is 11.8 Å². The molecule has 0 bridgehead atoms. The average molecular weight is 286 g/mol. The summed E-state index contributed by atoms with van der Waals surface area (Å²) in [7, 11) is 0. The summed E-state index contributed by atoms with van der Waals surface area (Å²) in [5.74, 6) is 2.44. The quantitative estimate of drug-likeness (QED) is 0.875. The first-order valence-corrected chi connectivity index (χ1v) is 7.60. The molecule has 1 aliphatic heterocycles. The van der Waals surface area contributed by atoms with Gasteiger partial charge >= 0.3 is 0 Å². The smallest absolute Gasteiger partial charge is 0.140 e. The predicted molar refractivity (Wildman–Crippen MR) is 85.1 cm³/mol. The minimum Gasteiger partial charge on any atom is -0.355 e. The molecule has 0 saturated carbocycles. The molecule has 104 valence electrons. The average Bonchev–Trinajstić information content (AvgIpc) is 2.37. The number of hydrogen-bond acceptors (Lipinski definition) is 5. The normalized spacial score (nSPS) is 15.4. The molecule has 20 heavy (non-hydrogen) atoms. The lowest BCUT2D eigenvalue weighted by atomic mass is 10.00. The highest BCUT2D eigenvalue weighted by Gasteiger charge is 2.28. The van der Waals surface area contributed by atoms with Gasteiger partial charge in [0.25, 0.3) is 0 Å². The lowest BCUT2D eigenvalue weighted by molar-refractivity contribution is 0.418. The third kappa shape index (κ3) is 2.39. The Morgan fingerprint density at radius 1 is 1.45 bits per heavy atom. The van der Waals surface area contributed by atoms with Gasteiger partial charge in [-0.1, -0.05) is 18.3 Å². The molecule has 5 heteroatoms. The standard InChI is InChI=1S/C15H18N4S/c1-3-20-12-4-5-13-14(6-12)17-10(2)18-15(13)19-8-11(7-16)9-19/h3-6,11H,1,7-9,16H2,2H3. The van der Waals surface area contributed by atoms with Crippen molar-refractivity contribution in [2.75, 3.05) is 24.5 Å².